The quantitative estimate of drug-likeness (QED) is 0.644. The third-order valence-corrected chi connectivity index (χ3v) is 5.92. The standard InChI is InChI=1S/C19H19BrO2S/c1-21-14-5-3-4-13(10-14)11-17-16-7-6-15(22-2)12-19(16)23-9-8-18(17)20/h3-7,10-12,18H,8-9H2,1-2H3/b17-11+. The molecule has 2 nitrogen and oxygen atoms in total. The molecule has 1 unspecified atom stereocenters. The van der Waals surface area contributed by atoms with E-state index in [0.717, 1.165) is 29.2 Å². The zero-order valence-corrected chi connectivity index (χ0v) is 15.6. The first-order valence-electron chi connectivity index (χ1n) is 7.52. The molecule has 0 spiro atoms. The normalized spacial score (nSPS) is 19.1. The lowest BCUT2D eigenvalue weighted by Gasteiger charge is -2.14. The molecule has 120 valence electrons. The minimum atomic E-state index is 0.343. The fourth-order valence-corrected chi connectivity index (χ4v) is 4.69. The first-order valence-corrected chi connectivity index (χ1v) is 9.42. The van der Waals surface area contributed by atoms with Crippen molar-refractivity contribution in [3.8, 4) is 11.5 Å². The maximum absolute atomic E-state index is 5.37. The molecule has 0 N–H and O–H groups in total. The van der Waals surface area contributed by atoms with Crippen LogP contribution in [0, 0.1) is 0 Å². The third kappa shape index (κ3) is 3.75. The molecule has 0 aromatic heterocycles. The first-order chi connectivity index (χ1) is 11.2. The largest absolute Gasteiger partial charge is 0.497 e. The molecular formula is C19H19BrO2S. The van der Waals surface area contributed by atoms with Crippen LogP contribution in [0.5, 0.6) is 11.5 Å². The number of hydrogen-bond donors (Lipinski definition) is 0. The van der Waals surface area contributed by atoms with E-state index in [1.165, 1.54) is 16.0 Å². The van der Waals surface area contributed by atoms with Crippen molar-refractivity contribution in [3.05, 3.63) is 53.6 Å². The van der Waals surface area contributed by atoms with Gasteiger partial charge in [0, 0.05) is 9.72 Å². The van der Waals surface area contributed by atoms with Crippen molar-refractivity contribution in [3.63, 3.8) is 0 Å². The minimum absolute atomic E-state index is 0.343. The number of benzene rings is 2. The van der Waals surface area contributed by atoms with Gasteiger partial charge in [0.25, 0.3) is 0 Å². The van der Waals surface area contributed by atoms with E-state index in [4.69, 9.17) is 9.47 Å². The third-order valence-electron chi connectivity index (χ3n) is 3.88. The van der Waals surface area contributed by atoms with E-state index < -0.39 is 0 Å². The van der Waals surface area contributed by atoms with E-state index in [1.807, 2.05) is 30.0 Å². The van der Waals surface area contributed by atoms with E-state index in [2.05, 4.69) is 46.3 Å². The second-order valence-electron chi connectivity index (χ2n) is 5.34. The van der Waals surface area contributed by atoms with Gasteiger partial charge in [-0.1, -0.05) is 28.1 Å². The van der Waals surface area contributed by atoms with Gasteiger partial charge in [-0.15, -0.1) is 11.8 Å². The molecule has 23 heavy (non-hydrogen) atoms. The Kier molecular flexibility index (Phi) is 5.34. The molecule has 0 bridgehead atoms. The summed E-state index contributed by atoms with van der Waals surface area (Å²) in [7, 11) is 3.41. The van der Waals surface area contributed by atoms with Crippen LogP contribution in [-0.2, 0) is 0 Å². The number of rotatable bonds is 3. The highest BCUT2D eigenvalue weighted by atomic mass is 79.9. The molecule has 0 saturated carbocycles. The number of fused-ring (bicyclic) bond motifs is 1. The van der Waals surface area contributed by atoms with Crippen LogP contribution in [0.15, 0.2) is 47.4 Å². The molecule has 0 radical (unpaired) electrons. The minimum Gasteiger partial charge on any atom is -0.497 e. The molecule has 1 atom stereocenters. The summed E-state index contributed by atoms with van der Waals surface area (Å²) in [5.41, 5.74) is 3.73. The second kappa shape index (κ2) is 7.45. The number of hydrogen-bond acceptors (Lipinski definition) is 3. The molecule has 4 heteroatoms. The Morgan fingerprint density at radius 1 is 1.09 bits per heavy atom. The van der Waals surface area contributed by atoms with Crippen LogP contribution < -0.4 is 9.47 Å². The van der Waals surface area contributed by atoms with Gasteiger partial charge >= 0.3 is 0 Å². The number of allylic oxidation sites excluding steroid dienone is 1. The zero-order chi connectivity index (χ0) is 16.2. The van der Waals surface area contributed by atoms with Gasteiger partial charge in [0.2, 0.25) is 0 Å². The fourth-order valence-electron chi connectivity index (χ4n) is 2.66. The molecule has 3 rings (SSSR count). The highest BCUT2D eigenvalue weighted by Crippen LogP contribution is 2.41. The van der Waals surface area contributed by atoms with Crippen molar-refractivity contribution in [1.29, 1.82) is 0 Å². The van der Waals surface area contributed by atoms with E-state index in [9.17, 15) is 0 Å². The summed E-state index contributed by atoms with van der Waals surface area (Å²) < 4.78 is 10.7. The Morgan fingerprint density at radius 2 is 1.87 bits per heavy atom. The molecule has 1 heterocycles. The maximum atomic E-state index is 5.37. The van der Waals surface area contributed by atoms with Crippen LogP contribution >= 0.6 is 27.7 Å². The molecule has 0 aliphatic carbocycles. The first kappa shape index (κ1) is 16.5. The van der Waals surface area contributed by atoms with Gasteiger partial charge in [-0.05, 0) is 65.3 Å². The molecule has 2 aromatic rings. The lowest BCUT2D eigenvalue weighted by molar-refractivity contribution is 0.413. The molecule has 0 fully saturated rings. The van der Waals surface area contributed by atoms with Crippen LogP contribution in [0.4, 0.5) is 0 Å². The summed E-state index contributed by atoms with van der Waals surface area (Å²) in [6.45, 7) is 0. The highest BCUT2D eigenvalue weighted by molar-refractivity contribution is 9.09. The number of thioether (sulfide) groups is 1. The van der Waals surface area contributed by atoms with E-state index in [0.29, 0.717) is 4.83 Å². The molecule has 2 aromatic carbocycles. The van der Waals surface area contributed by atoms with Gasteiger partial charge in [-0.3, -0.25) is 0 Å². The van der Waals surface area contributed by atoms with Crippen LogP contribution in [0.3, 0.4) is 0 Å². The predicted octanol–water partition coefficient (Wildman–Crippen LogP) is 5.50. The van der Waals surface area contributed by atoms with Gasteiger partial charge < -0.3 is 9.47 Å². The predicted molar refractivity (Wildman–Crippen MR) is 102 cm³/mol. The topological polar surface area (TPSA) is 18.5 Å². The van der Waals surface area contributed by atoms with Crippen LogP contribution in [0.1, 0.15) is 17.5 Å². The zero-order valence-electron chi connectivity index (χ0n) is 13.2. The Hall–Kier alpha value is -1.39. The van der Waals surface area contributed by atoms with Gasteiger partial charge in [-0.2, -0.15) is 0 Å². The van der Waals surface area contributed by atoms with Gasteiger partial charge in [-0.25, -0.2) is 0 Å². The molecular weight excluding hydrogens is 372 g/mol. The van der Waals surface area contributed by atoms with Crippen molar-refractivity contribution < 1.29 is 9.47 Å². The molecule has 1 aliphatic heterocycles. The number of ether oxygens (including phenoxy) is 2. The Balaban J connectivity index is 2.07. The van der Waals surface area contributed by atoms with E-state index >= 15 is 0 Å². The SMILES string of the molecule is COc1cccc(/C=C2\c3ccc(OC)cc3SCCC2Br)c1. The smallest absolute Gasteiger partial charge is 0.120 e. The van der Waals surface area contributed by atoms with E-state index in [-0.39, 0.29) is 0 Å². The Morgan fingerprint density at radius 3 is 2.65 bits per heavy atom. The number of alkyl halides is 1. The van der Waals surface area contributed by atoms with Crippen LogP contribution in [0.2, 0.25) is 0 Å². The summed E-state index contributed by atoms with van der Waals surface area (Å²) in [6.07, 6.45) is 3.34. The van der Waals surface area contributed by atoms with E-state index in [1.54, 1.807) is 14.2 Å². The lowest BCUT2D eigenvalue weighted by Crippen LogP contribution is -2.01. The fraction of sp³-hybridized carbons (Fsp3) is 0.263. The molecule has 0 amide bonds. The maximum Gasteiger partial charge on any atom is 0.120 e. The molecule has 0 saturated heterocycles. The summed E-state index contributed by atoms with van der Waals surface area (Å²) in [5.74, 6) is 2.87. The van der Waals surface area contributed by atoms with Crippen LogP contribution in [0.25, 0.3) is 11.6 Å². The number of halogens is 1. The van der Waals surface area contributed by atoms with Crippen LogP contribution in [-0.4, -0.2) is 24.8 Å². The average Bonchev–Trinajstić information content (AvgIpc) is 2.74. The lowest BCUT2D eigenvalue weighted by atomic mass is 9.98. The Bertz CT molecular complexity index is 727. The van der Waals surface area contributed by atoms with Crippen molar-refractivity contribution in [2.75, 3.05) is 20.0 Å². The van der Waals surface area contributed by atoms with Crippen molar-refractivity contribution >= 4 is 39.3 Å². The van der Waals surface area contributed by atoms with Gasteiger partial charge in [0.1, 0.15) is 11.5 Å². The van der Waals surface area contributed by atoms with Crippen molar-refractivity contribution in [2.45, 2.75) is 16.1 Å². The summed E-state index contributed by atoms with van der Waals surface area (Å²) in [4.78, 5) is 1.62. The van der Waals surface area contributed by atoms with Crippen molar-refractivity contribution in [1.82, 2.24) is 0 Å². The summed E-state index contributed by atoms with van der Waals surface area (Å²) in [5, 5.41) is 0. The number of methoxy groups -OCH3 is 2. The highest BCUT2D eigenvalue weighted by Gasteiger charge is 2.21. The molecule has 1 aliphatic rings. The average molecular weight is 391 g/mol. The van der Waals surface area contributed by atoms with Gasteiger partial charge in [0.15, 0.2) is 0 Å². The second-order valence-corrected chi connectivity index (χ2v) is 7.59. The van der Waals surface area contributed by atoms with Gasteiger partial charge in [0.05, 0.1) is 14.2 Å². The monoisotopic (exact) mass is 390 g/mol. The summed E-state index contributed by atoms with van der Waals surface area (Å²) >= 11 is 5.75. The summed E-state index contributed by atoms with van der Waals surface area (Å²) in [6, 6.07) is 14.5. The van der Waals surface area contributed by atoms with Crippen molar-refractivity contribution in [2.24, 2.45) is 0 Å². The Labute approximate surface area is 150 Å².